The molecule has 0 spiro atoms. The minimum atomic E-state index is -0.463. The van der Waals surface area contributed by atoms with Gasteiger partial charge in [0.05, 0.1) is 25.7 Å². The Balaban J connectivity index is 2.41. The van der Waals surface area contributed by atoms with Crippen molar-refractivity contribution < 1.29 is 19.4 Å². The van der Waals surface area contributed by atoms with Crippen LogP contribution in [-0.4, -0.2) is 60.6 Å². The van der Waals surface area contributed by atoms with Crippen molar-refractivity contribution in [2.45, 2.75) is 19.4 Å². The number of hydrogen-bond acceptors (Lipinski definition) is 4. The van der Waals surface area contributed by atoms with E-state index in [1.807, 2.05) is 31.2 Å². The summed E-state index contributed by atoms with van der Waals surface area (Å²) in [5.41, 5.74) is 0.846. The number of carbonyl (C=O) groups excluding carboxylic acids is 2. The van der Waals surface area contributed by atoms with E-state index >= 15 is 0 Å². The number of aliphatic hydroxyl groups is 1. The third kappa shape index (κ3) is 3.32. The number of amides is 2. The van der Waals surface area contributed by atoms with E-state index in [1.54, 1.807) is 19.1 Å². The average Bonchev–Trinajstić information content (AvgIpc) is 2.90. The largest absolute Gasteiger partial charge is 0.496 e. The van der Waals surface area contributed by atoms with Crippen LogP contribution >= 0.6 is 0 Å². The summed E-state index contributed by atoms with van der Waals surface area (Å²) in [5.74, 6) is 0.0574. The first-order valence-corrected chi connectivity index (χ1v) is 7.83. The van der Waals surface area contributed by atoms with Crippen LogP contribution in [0.5, 0.6) is 5.75 Å². The van der Waals surface area contributed by atoms with Crippen molar-refractivity contribution >= 4 is 11.8 Å². The zero-order valence-electron chi connectivity index (χ0n) is 13.9. The van der Waals surface area contributed by atoms with Gasteiger partial charge in [-0.1, -0.05) is 18.2 Å². The molecule has 2 atom stereocenters. The highest BCUT2D eigenvalue weighted by Crippen LogP contribution is 2.42. The molecule has 1 aliphatic rings. The van der Waals surface area contributed by atoms with E-state index in [2.05, 4.69) is 0 Å². The second kappa shape index (κ2) is 7.46. The zero-order chi connectivity index (χ0) is 17.0. The number of nitrogens with zero attached hydrogens (tertiary/aromatic N) is 2. The fourth-order valence-corrected chi connectivity index (χ4v) is 3.22. The molecule has 126 valence electrons. The van der Waals surface area contributed by atoms with Gasteiger partial charge in [-0.2, -0.15) is 0 Å². The van der Waals surface area contributed by atoms with Crippen molar-refractivity contribution in [3.05, 3.63) is 29.8 Å². The van der Waals surface area contributed by atoms with Crippen molar-refractivity contribution in [2.75, 3.05) is 33.9 Å². The van der Waals surface area contributed by atoms with E-state index in [0.717, 1.165) is 5.56 Å². The molecule has 1 N–H and O–H groups in total. The maximum absolute atomic E-state index is 12.7. The van der Waals surface area contributed by atoms with Crippen molar-refractivity contribution in [2.24, 2.45) is 5.92 Å². The fraction of sp³-hybridized carbons (Fsp3) is 0.529. The molecular weight excluding hydrogens is 296 g/mol. The van der Waals surface area contributed by atoms with Gasteiger partial charge in [0.1, 0.15) is 5.75 Å². The van der Waals surface area contributed by atoms with Crippen molar-refractivity contribution in [3.8, 4) is 5.75 Å². The van der Waals surface area contributed by atoms with Crippen LogP contribution in [0.1, 0.15) is 24.9 Å². The summed E-state index contributed by atoms with van der Waals surface area (Å²) in [6, 6.07) is 7.15. The summed E-state index contributed by atoms with van der Waals surface area (Å²) < 4.78 is 5.42. The molecule has 0 radical (unpaired) electrons. The summed E-state index contributed by atoms with van der Waals surface area (Å²) in [6.45, 7) is 2.60. The lowest BCUT2D eigenvalue weighted by molar-refractivity contribution is -0.135. The standard InChI is InChI=1S/C17H24N2O4/c1-4-19-15(21)11-13(17(22)18(2)9-10-20)16(19)12-7-5-6-8-14(12)23-3/h5-8,13,16,20H,4,9-11H2,1-3H3/t13-,16+/m1/s1. The van der Waals surface area contributed by atoms with Crippen LogP contribution < -0.4 is 4.74 Å². The lowest BCUT2D eigenvalue weighted by Crippen LogP contribution is -2.38. The normalized spacial score (nSPS) is 20.7. The highest BCUT2D eigenvalue weighted by atomic mass is 16.5. The molecule has 2 rings (SSSR count). The predicted octanol–water partition coefficient (Wildman–Crippen LogP) is 1.06. The van der Waals surface area contributed by atoms with Crippen LogP contribution in [-0.2, 0) is 9.59 Å². The van der Waals surface area contributed by atoms with Crippen LogP contribution in [0.3, 0.4) is 0 Å². The SMILES string of the molecule is CCN1C(=O)C[C@@H](C(=O)N(C)CCO)[C@@H]1c1ccccc1OC. The number of aliphatic hydroxyl groups excluding tert-OH is 1. The van der Waals surface area contributed by atoms with E-state index in [9.17, 15) is 9.59 Å². The van der Waals surface area contributed by atoms with Crippen LogP contribution in [0.25, 0.3) is 0 Å². The van der Waals surface area contributed by atoms with Gasteiger partial charge in [-0.05, 0) is 13.0 Å². The highest BCUT2D eigenvalue weighted by molar-refractivity contribution is 5.90. The van der Waals surface area contributed by atoms with Gasteiger partial charge < -0.3 is 19.6 Å². The molecule has 0 aromatic heterocycles. The Morgan fingerprint density at radius 1 is 1.43 bits per heavy atom. The molecule has 2 amide bonds. The Hall–Kier alpha value is -2.08. The van der Waals surface area contributed by atoms with Gasteiger partial charge in [0.2, 0.25) is 11.8 Å². The number of para-hydroxylation sites is 1. The molecule has 1 saturated heterocycles. The van der Waals surface area contributed by atoms with Crippen LogP contribution in [0, 0.1) is 5.92 Å². The quantitative estimate of drug-likeness (QED) is 0.851. The second-order valence-corrected chi connectivity index (χ2v) is 5.66. The Bertz CT molecular complexity index is 575. The van der Waals surface area contributed by atoms with E-state index in [4.69, 9.17) is 9.84 Å². The molecular formula is C17H24N2O4. The third-order valence-electron chi connectivity index (χ3n) is 4.36. The van der Waals surface area contributed by atoms with E-state index in [0.29, 0.717) is 12.3 Å². The van der Waals surface area contributed by atoms with Gasteiger partial charge >= 0.3 is 0 Å². The summed E-state index contributed by atoms with van der Waals surface area (Å²) in [5, 5.41) is 9.05. The van der Waals surface area contributed by atoms with Crippen molar-refractivity contribution in [1.29, 1.82) is 0 Å². The Kier molecular flexibility index (Phi) is 5.60. The third-order valence-corrected chi connectivity index (χ3v) is 4.36. The smallest absolute Gasteiger partial charge is 0.228 e. The Morgan fingerprint density at radius 2 is 2.13 bits per heavy atom. The maximum atomic E-state index is 12.7. The van der Waals surface area contributed by atoms with Gasteiger partial charge in [0, 0.05) is 32.1 Å². The minimum absolute atomic E-state index is 0.0286. The lowest BCUT2D eigenvalue weighted by atomic mass is 9.91. The monoisotopic (exact) mass is 320 g/mol. The topological polar surface area (TPSA) is 70.1 Å². The van der Waals surface area contributed by atoms with Crippen LogP contribution in [0.15, 0.2) is 24.3 Å². The van der Waals surface area contributed by atoms with Gasteiger partial charge in [-0.25, -0.2) is 0 Å². The van der Waals surface area contributed by atoms with Gasteiger partial charge in [0.15, 0.2) is 0 Å². The molecule has 6 nitrogen and oxygen atoms in total. The number of carbonyl (C=O) groups is 2. The Labute approximate surface area is 136 Å². The second-order valence-electron chi connectivity index (χ2n) is 5.66. The number of methoxy groups -OCH3 is 1. The molecule has 1 heterocycles. The highest BCUT2D eigenvalue weighted by Gasteiger charge is 2.45. The van der Waals surface area contributed by atoms with Crippen LogP contribution in [0.4, 0.5) is 0 Å². The maximum Gasteiger partial charge on any atom is 0.228 e. The average molecular weight is 320 g/mol. The molecule has 0 bridgehead atoms. The molecule has 0 saturated carbocycles. The van der Waals surface area contributed by atoms with Gasteiger partial charge in [0.25, 0.3) is 0 Å². The first-order valence-electron chi connectivity index (χ1n) is 7.83. The first kappa shape index (κ1) is 17.3. The number of likely N-dealkylation sites (tertiary alicyclic amines) is 1. The molecule has 1 aromatic rings. The fourth-order valence-electron chi connectivity index (χ4n) is 3.22. The molecule has 0 unspecified atom stereocenters. The summed E-state index contributed by atoms with van der Waals surface area (Å²) in [6.07, 6.45) is 0.186. The number of hydrogen-bond donors (Lipinski definition) is 1. The van der Waals surface area contributed by atoms with Crippen LogP contribution in [0.2, 0.25) is 0 Å². The number of ether oxygens (including phenoxy) is 1. The van der Waals surface area contributed by atoms with Gasteiger partial charge in [-0.3, -0.25) is 9.59 Å². The zero-order valence-corrected chi connectivity index (χ0v) is 13.9. The van der Waals surface area contributed by atoms with E-state index in [1.165, 1.54) is 4.90 Å². The Morgan fingerprint density at radius 3 is 2.74 bits per heavy atom. The molecule has 1 fully saturated rings. The molecule has 1 aromatic carbocycles. The summed E-state index contributed by atoms with van der Waals surface area (Å²) in [7, 11) is 3.23. The molecule has 0 aliphatic carbocycles. The first-order chi connectivity index (χ1) is 11.0. The predicted molar refractivity (Wildman–Crippen MR) is 86.0 cm³/mol. The van der Waals surface area contributed by atoms with Crippen molar-refractivity contribution in [1.82, 2.24) is 9.80 Å². The molecule has 1 aliphatic heterocycles. The molecule has 23 heavy (non-hydrogen) atoms. The van der Waals surface area contributed by atoms with Gasteiger partial charge in [-0.15, -0.1) is 0 Å². The van der Waals surface area contributed by atoms with Crippen molar-refractivity contribution in [3.63, 3.8) is 0 Å². The lowest BCUT2D eigenvalue weighted by Gasteiger charge is -2.30. The summed E-state index contributed by atoms with van der Waals surface area (Å²) >= 11 is 0. The number of benzene rings is 1. The minimum Gasteiger partial charge on any atom is -0.496 e. The number of likely N-dealkylation sites (N-methyl/N-ethyl adjacent to an activating group) is 1. The number of rotatable bonds is 6. The summed E-state index contributed by atoms with van der Waals surface area (Å²) in [4.78, 5) is 28.3. The van der Waals surface area contributed by atoms with E-state index < -0.39 is 5.92 Å². The van der Waals surface area contributed by atoms with E-state index in [-0.39, 0.29) is 37.4 Å². The molecule has 6 heteroatoms.